The number of rotatable bonds is 14. The first-order valence-corrected chi connectivity index (χ1v) is 13.4. The maximum atomic E-state index is 9.87. The predicted molar refractivity (Wildman–Crippen MR) is 122 cm³/mol. The Morgan fingerprint density at radius 3 is 0.862 bits per heavy atom. The van der Waals surface area contributed by atoms with Crippen LogP contribution in [0.2, 0.25) is 4.44 Å². The van der Waals surface area contributed by atoms with Crippen LogP contribution in [-0.4, -0.2) is 55.8 Å². The molecule has 0 heterocycles. The standard InChI is InChI=1S/3C6H12O2.C4H9.Sn.H/c3*1-2-3-4-5-6(7)8;1-3-4-2;;/h3*2-5H2,1H3,(H,7,8);1,3-4H2,2H3;;. The van der Waals surface area contributed by atoms with E-state index in [-0.39, 0.29) is 0 Å². The summed E-state index contributed by atoms with van der Waals surface area (Å²) in [5, 5.41) is 24.4. The molecule has 0 aliphatic carbocycles. The molecule has 7 heteroatoms. The average Bonchev–Trinajstić information content (AvgIpc) is 2.64. The summed E-state index contributed by atoms with van der Waals surface area (Å²) in [5.74, 6) is -2.05. The van der Waals surface area contributed by atoms with Gasteiger partial charge in [0.15, 0.2) is 0 Å². The third-order valence-corrected chi connectivity index (χ3v) is 4.71. The molecule has 174 valence electrons. The van der Waals surface area contributed by atoms with Crippen LogP contribution >= 0.6 is 0 Å². The zero-order valence-corrected chi connectivity index (χ0v) is 22.5. The minimum absolute atomic E-state index is 0.327. The van der Waals surface area contributed by atoms with Crippen LogP contribution in [-0.2, 0) is 14.4 Å². The van der Waals surface area contributed by atoms with Gasteiger partial charge in [-0.3, -0.25) is 14.4 Å². The Morgan fingerprint density at radius 2 is 0.759 bits per heavy atom. The molecule has 6 nitrogen and oxygen atoms in total. The van der Waals surface area contributed by atoms with Crippen molar-refractivity contribution in [2.45, 2.75) is 122 Å². The number of carboxylic acid groups (broad SMARTS) is 3. The van der Waals surface area contributed by atoms with Crippen molar-refractivity contribution in [2.24, 2.45) is 0 Å². The summed E-state index contributed by atoms with van der Waals surface area (Å²) in [7, 11) is 0. The van der Waals surface area contributed by atoms with Crippen molar-refractivity contribution in [3.63, 3.8) is 0 Å². The van der Waals surface area contributed by atoms with Crippen LogP contribution in [0.3, 0.4) is 0 Å². The quantitative estimate of drug-likeness (QED) is 0.188. The molecule has 3 N–H and O–H groups in total. The average molecular weight is 525 g/mol. The first-order valence-electron chi connectivity index (χ1n) is 11.1. The molecule has 0 aliphatic heterocycles. The van der Waals surface area contributed by atoms with Crippen molar-refractivity contribution in [2.75, 3.05) is 0 Å². The van der Waals surface area contributed by atoms with Crippen molar-refractivity contribution >= 4 is 40.4 Å². The van der Waals surface area contributed by atoms with Crippen LogP contribution in [0.4, 0.5) is 0 Å². The van der Waals surface area contributed by atoms with E-state index in [1.165, 1.54) is 39.8 Å². The zero-order valence-electron chi connectivity index (χ0n) is 19.3. The van der Waals surface area contributed by atoms with Gasteiger partial charge in [-0.15, -0.1) is 0 Å². The van der Waals surface area contributed by atoms with Crippen molar-refractivity contribution in [3.05, 3.63) is 0 Å². The first-order chi connectivity index (χ1) is 13.7. The molecular formula is C22H46O6Sn. The summed E-state index contributed by atoms with van der Waals surface area (Å²) in [6, 6.07) is 0. The molecule has 0 aromatic carbocycles. The van der Waals surface area contributed by atoms with Gasteiger partial charge in [-0.2, -0.15) is 0 Å². The number of carboxylic acids is 3. The van der Waals surface area contributed by atoms with Gasteiger partial charge >= 0.3 is 64.6 Å². The fraction of sp³-hybridized carbons (Fsp3) is 0.864. The van der Waals surface area contributed by atoms with Crippen molar-refractivity contribution < 1.29 is 29.7 Å². The molecule has 0 rings (SSSR count). The van der Waals surface area contributed by atoms with Gasteiger partial charge in [-0.1, -0.05) is 59.3 Å². The number of aliphatic carboxylic acids is 3. The summed E-state index contributed by atoms with van der Waals surface area (Å²) >= 11 is 1.45. The van der Waals surface area contributed by atoms with Crippen LogP contribution in [0.1, 0.15) is 118 Å². The Bertz CT molecular complexity index is 299. The fourth-order valence-corrected chi connectivity index (χ4v) is 2.95. The Labute approximate surface area is 191 Å². The summed E-state index contributed by atoms with van der Waals surface area (Å²) in [6.07, 6.45) is 12.7. The Balaban J connectivity index is -0.000000146. The number of hydrogen-bond donors (Lipinski definition) is 3. The predicted octanol–water partition coefficient (Wildman–Crippen LogP) is 6.06. The van der Waals surface area contributed by atoms with Gasteiger partial charge in [0, 0.05) is 19.3 Å². The second-order valence-electron chi connectivity index (χ2n) is 6.69. The number of carbonyl (C=O) groups is 3. The summed E-state index contributed by atoms with van der Waals surface area (Å²) in [6.45, 7) is 8.40. The number of hydrogen-bond acceptors (Lipinski definition) is 3. The fourth-order valence-electron chi connectivity index (χ4n) is 1.78. The van der Waals surface area contributed by atoms with Crippen LogP contribution in [0, 0.1) is 0 Å². The van der Waals surface area contributed by atoms with Crippen molar-refractivity contribution in [1.29, 1.82) is 0 Å². The molecule has 0 aromatic rings. The van der Waals surface area contributed by atoms with Gasteiger partial charge in [0.2, 0.25) is 0 Å². The van der Waals surface area contributed by atoms with E-state index in [1.807, 2.05) is 0 Å². The van der Waals surface area contributed by atoms with Crippen molar-refractivity contribution in [1.82, 2.24) is 0 Å². The molecule has 0 saturated carbocycles. The third kappa shape index (κ3) is 65.8. The van der Waals surface area contributed by atoms with E-state index in [2.05, 4.69) is 27.7 Å². The van der Waals surface area contributed by atoms with E-state index in [0.717, 1.165) is 57.8 Å². The SMILES string of the molecule is CCCCCC(=O)O.CCCCCC(=O)O.CCCCCC(=O)O.CCC[CH2][SnH]. The van der Waals surface area contributed by atoms with Gasteiger partial charge < -0.3 is 15.3 Å². The van der Waals surface area contributed by atoms with E-state index in [0.29, 0.717) is 19.3 Å². The number of unbranched alkanes of at least 4 members (excludes halogenated alkanes) is 7. The van der Waals surface area contributed by atoms with Gasteiger partial charge in [-0.05, 0) is 19.3 Å². The molecule has 0 saturated heterocycles. The van der Waals surface area contributed by atoms with Crippen LogP contribution in [0.15, 0.2) is 0 Å². The molecule has 0 aliphatic rings. The summed E-state index contributed by atoms with van der Waals surface area (Å²) in [5.41, 5.74) is 0. The Hall–Kier alpha value is -0.791. The molecule has 0 aromatic heterocycles. The van der Waals surface area contributed by atoms with E-state index in [1.54, 1.807) is 0 Å². The summed E-state index contributed by atoms with van der Waals surface area (Å²) < 4.78 is 1.47. The second-order valence-corrected chi connectivity index (χ2v) is 8.34. The van der Waals surface area contributed by atoms with E-state index < -0.39 is 17.9 Å². The van der Waals surface area contributed by atoms with Gasteiger partial charge in [0.1, 0.15) is 0 Å². The maximum absolute atomic E-state index is 9.87. The van der Waals surface area contributed by atoms with Crippen LogP contribution in [0.5, 0.6) is 0 Å². The van der Waals surface area contributed by atoms with E-state index >= 15 is 0 Å². The normalized spacial score (nSPS) is 9.00. The molecule has 0 spiro atoms. The first kappa shape index (κ1) is 35.6. The van der Waals surface area contributed by atoms with Gasteiger partial charge in [0.05, 0.1) is 0 Å². The van der Waals surface area contributed by atoms with Crippen LogP contribution in [0.25, 0.3) is 0 Å². The minimum atomic E-state index is -0.682. The third-order valence-electron chi connectivity index (χ3n) is 3.54. The van der Waals surface area contributed by atoms with Gasteiger partial charge in [0.25, 0.3) is 0 Å². The second kappa shape index (κ2) is 34.7. The molecule has 0 amide bonds. The Kier molecular flexibility index (Phi) is 42.6. The molecule has 0 unspecified atom stereocenters. The molecule has 0 bridgehead atoms. The molecule has 29 heavy (non-hydrogen) atoms. The summed E-state index contributed by atoms with van der Waals surface area (Å²) in [4.78, 5) is 29.6. The molecule has 2 radical (unpaired) electrons. The molecule has 0 atom stereocenters. The van der Waals surface area contributed by atoms with Crippen LogP contribution < -0.4 is 0 Å². The van der Waals surface area contributed by atoms with Gasteiger partial charge in [-0.25, -0.2) is 0 Å². The van der Waals surface area contributed by atoms with E-state index in [4.69, 9.17) is 15.3 Å². The van der Waals surface area contributed by atoms with E-state index in [9.17, 15) is 14.4 Å². The Morgan fingerprint density at radius 1 is 0.517 bits per heavy atom. The monoisotopic (exact) mass is 526 g/mol. The molecular weight excluding hydrogens is 479 g/mol. The topological polar surface area (TPSA) is 112 Å². The van der Waals surface area contributed by atoms with Crippen molar-refractivity contribution in [3.8, 4) is 0 Å². The molecule has 0 fully saturated rings. The zero-order chi connectivity index (χ0) is 23.3.